The van der Waals surface area contributed by atoms with Gasteiger partial charge < -0.3 is 5.32 Å². The maximum absolute atomic E-state index is 13.2. The molecule has 0 saturated carbocycles. The first-order valence-corrected chi connectivity index (χ1v) is 7.10. The number of hydrogen-bond acceptors (Lipinski definition) is 4. The minimum Gasteiger partial charge on any atom is -0.324 e. The molecule has 2 heterocycles. The standard InChI is InChI=1S/C16H14F3N5/c1-10-5-3-4-6-13(10)22-15-20-8-12(16(17,18)19)14(23-15)11-7-21-24(2)9-11/h3-9H,1-2H3,(H,20,22,23). The first-order chi connectivity index (χ1) is 11.3. The zero-order valence-electron chi connectivity index (χ0n) is 13.0. The Balaban J connectivity index is 2.06. The smallest absolute Gasteiger partial charge is 0.324 e. The fourth-order valence-electron chi connectivity index (χ4n) is 2.25. The summed E-state index contributed by atoms with van der Waals surface area (Å²) in [6, 6.07) is 7.38. The quantitative estimate of drug-likeness (QED) is 0.788. The van der Waals surface area contributed by atoms with Gasteiger partial charge in [-0.1, -0.05) is 18.2 Å². The average molecular weight is 333 g/mol. The highest BCUT2D eigenvalue weighted by Crippen LogP contribution is 2.36. The van der Waals surface area contributed by atoms with Crippen molar-refractivity contribution in [2.24, 2.45) is 7.05 Å². The van der Waals surface area contributed by atoms with Crippen molar-refractivity contribution < 1.29 is 13.2 Å². The maximum Gasteiger partial charge on any atom is 0.419 e. The Morgan fingerprint density at radius 2 is 1.88 bits per heavy atom. The van der Waals surface area contributed by atoms with E-state index < -0.39 is 11.7 Å². The Bertz CT molecular complexity index is 870. The lowest BCUT2D eigenvalue weighted by molar-refractivity contribution is -0.137. The molecule has 0 radical (unpaired) electrons. The molecule has 0 aliphatic carbocycles. The predicted octanol–water partition coefficient (Wildman–Crippen LogP) is 3.95. The van der Waals surface area contributed by atoms with Crippen LogP contribution < -0.4 is 5.32 Å². The van der Waals surface area contributed by atoms with Crippen LogP contribution in [-0.2, 0) is 13.2 Å². The highest BCUT2D eigenvalue weighted by Gasteiger charge is 2.35. The number of benzene rings is 1. The summed E-state index contributed by atoms with van der Waals surface area (Å²) in [7, 11) is 1.63. The molecule has 24 heavy (non-hydrogen) atoms. The summed E-state index contributed by atoms with van der Waals surface area (Å²) in [5.41, 5.74) is 0.839. The summed E-state index contributed by atoms with van der Waals surface area (Å²) in [4.78, 5) is 7.87. The lowest BCUT2D eigenvalue weighted by Gasteiger charge is -2.13. The van der Waals surface area contributed by atoms with Crippen molar-refractivity contribution in [2.45, 2.75) is 13.1 Å². The van der Waals surface area contributed by atoms with Crippen molar-refractivity contribution in [3.63, 3.8) is 0 Å². The zero-order valence-corrected chi connectivity index (χ0v) is 13.0. The molecule has 0 bridgehead atoms. The highest BCUT2D eigenvalue weighted by atomic mass is 19.4. The van der Waals surface area contributed by atoms with E-state index in [9.17, 15) is 13.2 Å². The zero-order chi connectivity index (χ0) is 17.3. The summed E-state index contributed by atoms with van der Waals surface area (Å²) in [6.07, 6.45) is -0.938. The van der Waals surface area contributed by atoms with Crippen LogP contribution in [0.4, 0.5) is 24.8 Å². The van der Waals surface area contributed by atoms with Gasteiger partial charge in [0.15, 0.2) is 0 Å². The number of nitrogens with one attached hydrogen (secondary N) is 1. The Kier molecular flexibility index (Phi) is 3.96. The van der Waals surface area contributed by atoms with Crippen LogP contribution in [0.1, 0.15) is 11.1 Å². The van der Waals surface area contributed by atoms with Crippen molar-refractivity contribution in [3.05, 3.63) is 54.0 Å². The van der Waals surface area contributed by atoms with E-state index in [1.54, 1.807) is 13.1 Å². The monoisotopic (exact) mass is 333 g/mol. The third-order valence-corrected chi connectivity index (χ3v) is 3.46. The number of nitrogens with zero attached hydrogens (tertiary/aromatic N) is 4. The molecule has 2 aromatic heterocycles. The van der Waals surface area contributed by atoms with E-state index in [4.69, 9.17) is 0 Å². The molecule has 0 spiro atoms. The summed E-state index contributed by atoms with van der Waals surface area (Å²) in [6.45, 7) is 1.88. The molecule has 0 fully saturated rings. The Morgan fingerprint density at radius 3 is 2.50 bits per heavy atom. The molecule has 3 rings (SSSR count). The number of alkyl halides is 3. The third-order valence-electron chi connectivity index (χ3n) is 3.46. The molecular formula is C16H14F3N5. The van der Waals surface area contributed by atoms with E-state index in [1.165, 1.54) is 17.1 Å². The molecule has 0 saturated heterocycles. The van der Waals surface area contributed by atoms with Gasteiger partial charge in [0.1, 0.15) is 5.56 Å². The van der Waals surface area contributed by atoms with Crippen LogP contribution in [0.5, 0.6) is 0 Å². The second-order valence-corrected chi connectivity index (χ2v) is 5.30. The lowest BCUT2D eigenvalue weighted by Crippen LogP contribution is -2.11. The normalized spacial score (nSPS) is 11.5. The van der Waals surface area contributed by atoms with Gasteiger partial charge in [0.25, 0.3) is 0 Å². The summed E-state index contributed by atoms with van der Waals surface area (Å²) in [5, 5.41) is 6.86. The first kappa shape index (κ1) is 16.0. The molecule has 1 aromatic carbocycles. The molecule has 0 unspecified atom stereocenters. The largest absolute Gasteiger partial charge is 0.419 e. The fraction of sp³-hybridized carbons (Fsp3) is 0.188. The van der Waals surface area contributed by atoms with E-state index in [-0.39, 0.29) is 17.2 Å². The molecule has 8 heteroatoms. The van der Waals surface area contributed by atoms with Crippen molar-refractivity contribution >= 4 is 11.6 Å². The molecule has 0 amide bonds. The Hall–Kier alpha value is -2.90. The van der Waals surface area contributed by atoms with Crippen molar-refractivity contribution in [1.29, 1.82) is 0 Å². The van der Waals surface area contributed by atoms with Crippen LogP contribution in [0.25, 0.3) is 11.3 Å². The summed E-state index contributed by atoms with van der Waals surface area (Å²) >= 11 is 0. The average Bonchev–Trinajstić information content (AvgIpc) is 2.95. The number of rotatable bonds is 3. The van der Waals surface area contributed by atoms with E-state index in [0.717, 1.165) is 17.4 Å². The second-order valence-electron chi connectivity index (χ2n) is 5.30. The van der Waals surface area contributed by atoms with Gasteiger partial charge in [0.2, 0.25) is 5.95 Å². The molecule has 3 aromatic rings. The van der Waals surface area contributed by atoms with Crippen molar-refractivity contribution in [1.82, 2.24) is 19.7 Å². The molecule has 0 atom stereocenters. The molecule has 0 aliphatic rings. The van der Waals surface area contributed by atoms with Gasteiger partial charge in [-0.15, -0.1) is 0 Å². The Morgan fingerprint density at radius 1 is 1.12 bits per heavy atom. The van der Waals surface area contributed by atoms with E-state index in [1.807, 2.05) is 25.1 Å². The van der Waals surface area contributed by atoms with Crippen LogP contribution in [0.3, 0.4) is 0 Å². The van der Waals surface area contributed by atoms with Crippen LogP contribution in [-0.4, -0.2) is 19.7 Å². The topological polar surface area (TPSA) is 55.6 Å². The fourth-order valence-corrected chi connectivity index (χ4v) is 2.25. The number of hydrogen-bond donors (Lipinski definition) is 1. The molecular weight excluding hydrogens is 319 g/mol. The van der Waals surface area contributed by atoms with E-state index >= 15 is 0 Å². The minimum atomic E-state index is -4.55. The van der Waals surface area contributed by atoms with Gasteiger partial charge in [0, 0.05) is 30.7 Å². The van der Waals surface area contributed by atoms with Gasteiger partial charge in [-0.2, -0.15) is 18.3 Å². The molecule has 5 nitrogen and oxygen atoms in total. The lowest BCUT2D eigenvalue weighted by atomic mass is 10.1. The maximum atomic E-state index is 13.2. The number of anilines is 2. The summed E-state index contributed by atoms with van der Waals surface area (Å²) < 4.78 is 41.1. The molecule has 0 aliphatic heterocycles. The van der Waals surface area contributed by atoms with Crippen molar-refractivity contribution in [2.75, 3.05) is 5.32 Å². The van der Waals surface area contributed by atoms with Crippen LogP contribution in [0.2, 0.25) is 0 Å². The minimum absolute atomic E-state index is 0.0937. The van der Waals surface area contributed by atoms with Crippen LogP contribution >= 0.6 is 0 Å². The first-order valence-electron chi connectivity index (χ1n) is 7.10. The molecule has 124 valence electrons. The second kappa shape index (κ2) is 5.95. The van der Waals surface area contributed by atoms with Gasteiger partial charge in [-0.25, -0.2) is 9.97 Å². The number of para-hydroxylation sites is 1. The van der Waals surface area contributed by atoms with Crippen molar-refractivity contribution in [3.8, 4) is 11.3 Å². The predicted molar refractivity (Wildman–Crippen MR) is 83.7 cm³/mol. The van der Waals surface area contributed by atoms with Gasteiger partial charge in [0.05, 0.1) is 11.9 Å². The van der Waals surface area contributed by atoms with Crippen LogP contribution in [0, 0.1) is 6.92 Å². The summed E-state index contributed by atoms with van der Waals surface area (Å²) in [5.74, 6) is 0.0937. The number of halogens is 3. The SMILES string of the molecule is Cc1ccccc1Nc1ncc(C(F)(F)F)c(-c2cnn(C)c2)n1. The number of aromatic nitrogens is 4. The van der Waals surface area contributed by atoms with Gasteiger partial charge >= 0.3 is 6.18 Å². The van der Waals surface area contributed by atoms with E-state index in [0.29, 0.717) is 0 Å². The molecule has 1 N–H and O–H groups in total. The van der Waals surface area contributed by atoms with E-state index in [2.05, 4.69) is 20.4 Å². The van der Waals surface area contributed by atoms with Gasteiger partial charge in [-0.3, -0.25) is 4.68 Å². The van der Waals surface area contributed by atoms with Gasteiger partial charge in [-0.05, 0) is 18.6 Å². The Labute approximate surface area is 136 Å². The third kappa shape index (κ3) is 3.22. The highest BCUT2D eigenvalue weighted by molar-refractivity contribution is 5.65. The van der Waals surface area contributed by atoms with Crippen LogP contribution in [0.15, 0.2) is 42.9 Å². The number of aryl methyl sites for hydroxylation is 2.